The Labute approximate surface area is 121 Å². The van der Waals surface area contributed by atoms with Crippen LogP contribution in [0.25, 0.3) is 0 Å². The molecule has 0 unspecified atom stereocenters. The van der Waals surface area contributed by atoms with Crippen molar-refractivity contribution in [3.8, 4) is 0 Å². The molecule has 1 aliphatic heterocycles. The maximum absolute atomic E-state index is 12.3. The molecule has 5 heteroatoms. The van der Waals surface area contributed by atoms with Crippen molar-refractivity contribution < 1.29 is 9.59 Å². The van der Waals surface area contributed by atoms with Crippen molar-refractivity contribution in [3.63, 3.8) is 0 Å². The molecule has 1 aromatic rings. The third-order valence-corrected chi connectivity index (χ3v) is 4.11. The number of Topliss-reactive ketones (excluding diaryl/α,β-unsaturated/α-hetero) is 1. The Balaban J connectivity index is 1.98. The Morgan fingerprint density at radius 1 is 1.53 bits per heavy atom. The fraction of sp³-hybridized carbons (Fsp3) is 0.500. The number of piperidine rings is 1. The number of pyridine rings is 1. The topological polar surface area (TPSA) is 50.3 Å². The van der Waals surface area contributed by atoms with E-state index < -0.39 is 0 Å². The molecular weight excluding hydrogens is 308 g/mol. The van der Waals surface area contributed by atoms with Crippen molar-refractivity contribution in [3.05, 3.63) is 28.0 Å². The summed E-state index contributed by atoms with van der Waals surface area (Å²) >= 11 is 3.33. The number of hydrogen-bond acceptors (Lipinski definition) is 3. The Morgan fingerprint density at radius 2 is 2.21 bits per heavy atom. The molecule has 0 saturated carbocycles. The van der Waals surface area contributed by atoms with Gasteiger partial charge in [-0.2, -0.15) is 0 Å². The zero-order valence-corrected chi connectivity index (χ0v) is 12.5. The maximum atomic E-state index is 12.3. The summed E-state index contributed by atoms with van der Waals surface area (Å²) in [7, 11) is 0. The fourth-order valence-corrected chi connectivity index (χ4v) is 2.76. The summed E-state index contributed by atoms with van der Waals surface area (Å²) in [4.78, 5) is 28.8. The minimum atomic E-state index is 0.0857. The molecule has 2 rings (SSSR count). The van der Waals surface area contributed by atoms with Gasteiger partial charge >= 0.3 is 0 Å². The van der Waals surface area contributed by atoms with E-state index >= 15 is 0 Å². The van der Waals surface area contributed by atoms with Crippen LogP contribution < -0.4 is 0 Å². The molecule has 19 heavy (non-hydrogen) atoms. The second-order valence-corrected chi connectivity index (χ2v) is 5.80. The number of rotatable bonds is 4. The SMILES string of the molecule is Cc1cnc(Br)cc1CC(=O)C1CCN(C=O)CC1. The Morgan fingerprint density at radius 3 is 2.84 bits per heavy atom. The van der Waals surface area contributed by atoms with Gasteiger partial charge in [-0.1, -0.05) is 0 Å². The molecule has 1 saturated heterocycles. The van der Waals surface area contributed by atoms with Crippen LogP contribution in [0.1, 0.15) is 24.0 Å². The zero-order valence-electron chi connectivity index (χ0n) is 10.9. The number of carbonyl (C=O) groups is 2. The molecule has 1 amide bonds. The Hall–Kier alpha value is -1.23. The molecule has 0 atom stereocenters. The van der Waals surface area contributed by atoms with E-state index in [2.05, 4.69) is 20.9 Å². The van der Waals surface area contributed by atoms with E-state index in [-0.39, 0.29) is 11.7 Å². The summed E-state index contributed by atoms with van der Waals surface area (Å²) in [5, 5.41) is 0. The highest BCUT2D eigenvalue weighted by Gasteiger charge is 2.24. The van der Waals surface area contributed by atoms with Crippen LogP contribution in [-0.2, 0) is 16.0 Å². The van der Waals surface area contributed by atoms with Crippen LogP contribution in [0.3, 0.4) is 0 Å². The molecule has 0 bridgehead atoms. The van der Waals surface area contributed by atoms with Gasteiger partial charge in [0.15, 0.2) is 0 Å². The van der Waals surface area contributed by atoms with Crippen molar-refractivity contribution in [2.75, 3.05) is 13.1 Å². The lowest BCUT2D eigenvalue weighted by molar-refractivity contribution is -0.126. The highest BCUT2D eigenvalue weighted by molar-refractivity contribution is 9.10. The minimum absolute atomic E-state index is 0.0857. The van der Waals surface area contributed by atoms with Gasteiger partial charge in [0.05, 0.1) is 0 Å². The number of hydrogen-bond donors (Lipinski definition) is 0. The largest absolute Gasteiger partial charge is 0.345 e. The molecule has 2 heterocycles. The molecule has 102 valence electrons. The van der Waals surface area contributed by atoms with Gasteiger partial charge in [-0.3, -0.25) is 9.59 Å². The van der Waals surface area contributed by atoms with E-state index in [0.717, 1.165) is 35.0 Å². The first kappa shape index (κ1) is 14.2. The van der Waals surface area contributed by atoms with Gasteiger partial charge in [0, 0.05) is 31.6 Å². The average molecular weight is 325 g/mol. The first-order valence-corrected chi connectivity index (χ1v) is 7.22. The predicted octanol–water partition coefficient (Wildman–Crippen LogP) is 2.13. The summed E-state index contributed by atoms with van der Waals surface area (Å²) in [5.41, 5.74) is 2.08. The van der Waals surface area contributed by atoms with Gasteiger partial charge in [-0.25, -0.2) is 4.98 Å². The van der Waals surface area contributed by atoms with E-state index in [9.17, 15) is 9.59 Å². The number of amides is 1. The van der Waals surface area contributed by atoms with Gasteiger partial charge in [0.25, 0.3) is 0 Å². The maximum Gasteiger partial charge on any atom is 0.209 e. The van der Waals surface area contributed by atoms with Crippen molar-refractivity contribution in [1.29, 1.82) is 0 Å². The minimum Gasteiger partial charge on any atom is -0.345 e. The van der Waals surface area contributed by atoms with Crippen LogP contribution in [0.15, 0.2) is 16.9 Å². The normalized spacial score (nSPS) is 16.4. The number of likely N-dealkylation sites (tertiary alicyclic amines) is 1. The van der Waals surface area contributed by atoms with Gasteiger partial charge in [-0.05, 0) is 52.9 Å². The smallest absolute Gasteiger partial charge is 0.209 e. The quantitative estimate of drug-likeness (QED) is 0.629. The number of carbonyl (C=O) groups excluding carboxylic acids is 2. The molecule has 4 nitrogen and oxygen atoms in total. The van der Waals surface area contributed by atoms with E-state index in [1.165, 1.54) is 0 Å². The van der Waals surface area contributed by atoms with E-state index in [4.69, 9.17) is 0 Å². The van der Waals surface area contributed by atoms with Gasteiger partial charge in [0.2, 0.25) is 6.41 Å². The van der Waals surface area contributed by atoms with Gasteiger partial charge in [0.1, 0.15) is 10.4 Å². The van der Waals surface area contributed by atoms with E-state index in [1.807, 2.05) is 13.0 Å². The van der Waals surface area contributed by atoms with Crippen molar-refractivity contribution in [1.82, 2.24) is 9.88 Å². The van der Waals surface area contributed by atoms with Gasteiger partial charge in [-0.15, -0.1) is 0 Å². The third kappa shape index (κ3) is 3.62. The van der Waals surface area contributed by atoms with Crippen LogP contribution in [0.2, 0.25) is 0 Å². The van der Waals surface area contributed by atoms with Crippen LogP contribution in [-0.4, -0.2) is 35.2 Å². The monoisotopic (exact) mass is 324 g/mol. The van der Waals surface area contributed by atoms with Crippen molar-refractivity contribution in [2.24, 2.45) is 5.92 Å². The van der Waals surface area contributed by atoms with Crippen LogP contribution >= 0.6 is 15.9 Å². The number of nitrogens with zero attached hydrogens (tertiary/aromatic N) is 2. The summed E-state index contributed by atoms with van der Waals surface area (Å²) in [6, 6.07) is 1.91. The molecule has 1 aromatic heterocycles. The van der Waals surface area contributed by atoms with Crippen LogP contribution in [0.5, 0.6) is 0 Å². The molecule has 0 radical (unpaired) electrons. The lowest BCUT2D eigenvalue weighted by Crippen LogP contribution is -2.35. The molecular formula is C14H17BrN2O2. The van der Waals surface area contributed by atoms with E-state index in [0.29, 0.717) is 19.5 Å². The van der Waals surface area contributed by atoms with E-state index in [1.54, 1.807) is 11.1 Å². The first-order chi connectivity index (χ1) is 9.10. The average Bonchev–Trinajstić information content (AvgIpc) is 2.43. The number of aryl methyl sites for hydroxylation is 1. The van der Waals surface area contributed by atoms with Crippen molar-refractivity contribution >= 4 is 28.1 Å². The predicted molar refractivity (Wildman–Crippen MR) is 75.7 cm³/mol. The molecule has 0 spiro atoms. The molecule has 1 fully saturated rings. The van der Waals surface area contributed by atoms with Gasteiger partial charge < -0.3 is 4.90 Å². The second kappa shape index (κ2) is 6.28. The van der Waals surface area contributed by atoms with Crippen LogP contribution in [0.4, 0.5) is 0 Å². The molecule has 1 aliphatic rings. The number of aromatic nitrogens is 1. The summed E-state index contributed by atoms with van der Waals surface area (Å²) in [6.45, 7) is 3.36. The summed E-state index contributed by atoms with van der Waals surface area (Å²) in [6.07, 6.45) is 4.66. The molecule has 0 aromatic carbocycles. The lowest BCUT2D eigenvalue weighted by atomic mass is 9.89. The Bertz CT molecular complexity index is 482. The highest BCUT2D eigenvalue weighted by Crippen LogP contribution is 2.21. The molecule has 0 N–H and O–H groups in total. The zero-order chi connectivity index (χ0) is 13.8. The number of ketones is 1. The van der Waals surface area contributed by atoms with Crippen LogP contribution in [0, 0.1) is 12.8 Å². The number of halogens is 1. The lowest BCUT2D eigenvalue weighted by Gasteiger charge is -2.28. The first-order valence-electron chi connectivity index (χ1n) is 6.43. The molecule has 0 aliphatic carbocycles. The standard InChI is InChI=1S/C14H17BrN2O2/c1-10-8-16-14(15)7-12(10)6-13(19)11-2-4-17(9-18)5-3-11/h7-9,11H,2-6H2,1H3. The highest BCUT2D eigenvalue weighted by atomic mass is 79.9. The van der Waals surface area contributed by atoms with Crippen molar-refractivity contribution in [2.45, 2.75) is 26.2 Å². The Kier molecular flexibility index (Phi) is 4.69. The third-order valence-electron chi connectivity index (χ3n) is 3.68. The second-order valence-electron chi connectivity index (χ2n) is 4.99. The summed E-state index contributed by atoms with van der Waals surface area (Å²) in [5.74, 6) is 0.356. The summed E-state index contributed by atoms with van der Waals surface area (Å²) < 4.78 is 0.761. The fourth-order valence-electron chi connectivity index (χ4n) is 2.39.